The molecular formula is C36H49F3N6O2. The second-order valence-corrected chi connectivity index (χ2v) is 14.5. The lowest BCUT2D eigenvalue weighted by Crippen LogP contribution is -2.52. The first kappa shape index (κ1) is 32.8. The van der Waals surface area contributed by atoms with Crippen LogP contribution in [0.3, 0.4) is 0 Å². The van der Waals surface area contributed by atoms with Crippen LogP contribution >= 0.6 is 0 Å². The first-order valence-electron chi connectivity index (χ1n) is 17.6. The minimum Gasteiger partial charge on any atom is -0.380 e. The van der Waals surface area contributed by atoms with Crippen molar-refractivity contribution in [2.45, 2.75) is 114 Å². The molecule has 1 spiro atoms. The van der Waals surface area contributed by atoms with Crippen molar-refractivity contribution in [3.63, 3.8) is 0 Å². The molecule has 1 unspecified atom stereocenters. The van der Waals surface area contributed by atoms with E-state index in [2.05, 4.69) is 33.8 Å². The van der Waals surface area contributed by atoms with Crippen LogP contribution in [0.5, 0.6) is 0 Å². The molecule has 4 aliphatic rings. The molecule has 0 radical (unpaired) electrons. The smallest absolute Gasteiger partial charge is 0.380 e. The predicted octanol–water partition coefficient (Wildman–Crippen LogP) is 6.41. The molecule has 2 N–H and O–H groups in total. The summed E-state index contributed by atoms with van der Waals surface area (Å²) >= 11 is 0. The van der Waals surface area contributed by atoms with E-state index >= 15 is 0 Å². The van der Waals surface area contributed by atoms with Crippen LogP contribution < -0.4 is 16.5 Å². The molecule has 1 aromatic carbocycles. The quantitative estimate of drug-likeness (QED) is 0.307. The predicted molar refractivity (Wildman–Crippen MR) is 176 cm³/mol. The Morgan fingerprint density at radius 1 is 1.00 bits per heavy atom. The van der Waals surface area contributed by atoms with Crippen LogP contribution in [0.1, 0.15) is 99.7 Å². The molecule has 0 bridgehead atoms. The largest absolute Gasteiger partial charge is 0.418 e. The van der Waals surface area contributed by atoms with Gasteiger partial charge in [-0.2, -0.15) is 13.2 Å². The van der Waals surface area contributed by atoms with E-state index < -0.39 is 17.4 Å². The lowest BCUT2D eigenvalue weighted by Gasteiger charge is -2.43. The lowest BCUT2D eigenvalue weighted by molar-refractivity contribution is -0.136. The van der Waals surface area contributed by atoms with Gasteiger partial charge in [-0.05, 0) is 87.4 Å². The fourth-order valence-corrected chi connectivity index (χ4v) is 8.70. The summed E-state index contributed by atoms with van der Waals surface area (Å²) in [5.41, 5.74) is 8.08. The third-order valence-corrected chi connectivity index (χ3v) is 11.6. The van der Waals surface area contributed by atoms with Crippen molar-refractivity contribution >= 4 is 5.52 Å². The molecule has 11 heteroatoms. The zero-order valence-electron chi connectivity index (χ0n) is 27.7. The molecule has 4 heterocycles. The van der Waals surface area contributed by atoms with Crippen molar-refractivity contribution in [1.29, 1.82) is 0 Å². The number of benzene rings is 1. The van der Waals surface area contributed by atoms with Crippen LogP contribution in [0.15, 0.2) is 47.5 Å². The van der Waals surface area contributed by atoms with Gasteiger partial charge in [-0.25, -0.2) is 15.6 Å². The summed E-state index contributed by atoms with van der Waals surface area (Å²) < 4.78 is 51.5. The first-order chi connectivity index (χ1) is 22.7. The number of fused-ring (bicyclic) bond motifs is 1. The molecule has 3 atom stereocenters. The number of hydrogen-bond donors (Lipinski definition) is 2. The summed E-state index contributed by atoms with van der Waals surface area (Å²) in [6, 6.07) is 9.12. The van der Waals surface area contributed by atoms with Crippen molar-refractivity contribution in [2.24, 2.45) is 5.92 Å². The second kappa shape index (κ2) is 13.3. The Bertz CT molecular complexity index is 1610. The third kappa shape index (κ3) is 6.41. The molecular weight excluding hydrogens is 605 g/mol. The standard InChI is InChI=1S/C36H49F3N6O2/c1-42-33(40-41-35(42)16-6-4-3-5-7-17-35)32(26-11-8-12-26)27-13-9-14-28(20-27)44-24-31-30(36(37,38)39)19-25(22-45(31)34(44)46)21-43-18-10-15-29(23-43)47-2/h9,13-14,19-20,22,24,26,29,32-33,40-41H,3-8,10-12,15-18,21,23H2,1-2H3/t29-,32-,33?/m1/s1. The maximum atomic E-state index is 14.5. The van der Waals surface area contributed by atoms with E-state index in [1.165, 1.54) is 59.8 Å². The van der Waals surface area contributed by atoms with Crippen LogP contribution in [0.25, 0.3) is 11.2 Å². The maximum absolute atomic E-state index is 14.5. The Hall–Kier alpha value is -2.70. The summed E-state index contributed by atoms with van der Waals surface area (Å²) in [7, 11) is 3.90. The van der Waals surface area contributed by atoms with Gasteiger partial charge >= 0.3 is 11.9 Å². The summed E-state index contributed by atoms with van der Waals surface area (Å²) in [4.78, 5) is 18.5. The van der Waals surface area contributed by atoms with Gasteiger partial charge in [0.05, 0.1) is 34.7 Å². The van der Waals surface area contributed by atoms with E-state index in [-0.39, 0.29) is 29.4 Å². The molecule has 2 saturated heterocycles. The van der Waals surface area contributed by atoms with Gasteiger partial charge in [-0.1, -0.05) is 50.7 Å². The van der Waals surface area contributed by atoms with Gasteiger partial charge in [0, 0.05) is 38.5 Å². The Labute approximate surface area is 275 Å². The number of nitrogens with zero attached hydrogens (tertiary/aromatic N) is 4. The molecule has 8 nitrogen and oxygen atoms in total. The zero-order valence-corrected chi connectivity index (χ0v) is 27.7. The van der Waals surface area contributed by atoms with Crippen molar-refractivity contribution in [3.05, 3.63) is 69.9 Å². The lowest BCUT2D eigenvalue weighted by atomic mass is 9.71. The van der Waals surface area contributed by atoms with Gasteiger partial charge in [-0.3, -0.25) is 18.8 Å². The number of rotatable bonds is 7. The van der Waals surface area contributed by atoms with Crippen molar-refractivity contribution in [2.75, 3.05) is 27.2 Å². The molecule has 2 aliphatic heterocycles. The van der Waals surface area contributed by atoms with Gasteiger partial charge in [-0.15, -0.1) is 0 Å². The van der Waals surface area contributed by atoms with Crippen LogP contribution in [0, 0.1) is 5.92 Å². The fourth-order valence-electron chi connectivity index (χ4n) is 8.70. The average Bonchev–Trinajstić information content (AvgIpc) is 3.52. The SMILES string of the molecule is CO[C@@H]1CCCN(Cc2cc(C(F)(F)F)c3cn(-c4cccc([C@@H](C5CCC5)C5NNC6(CCCCCCC6)N5C)c4)c(=O)n3c2)C1. The van der Waals surface area contributed by atoms with E-state index in [0.29, 0.717) is 30.3 Å². The zero-order chi connectivity index (χ0) is 32.8. The Morgan fingerprint density at radius 2 is 1.77 bits per heavy atom. The fraction of sp³-hybridized carbons (Fsp3) is 0.639. The highest BCUT2D eigenvalue weighted by atomic mass is 19.4. The van der Waals surface area contributed by atoms with E-state index in [9.17, 15) is 18.0 Å². The van der Waals surface area contributed by atoms with E-state index in [1.807, 2.05) is 18.2 Å². The van der Waals surface area contributed by atoms with Gasteiger partial charge in [0.2, 0.25) is 0 Å². The van der Waals surface area contributed by atoms with E-state index in [1.54, 1.807) is 13.3 Å². The number of methoxy groups -OCH3 is 1. The average molecular weight is 655 g/mol. The third-order valence-electron chi connectivity index (χ3n) is 11.6. The number of pyridine rings is 1. The normalized spacial score (nSPS) is 25.6. The summed E-state index contributed by atoms with van der Waals surface area (Å²) in [6.45, 7) is 1.76. The molecule has 3 aromatic rings. The number of imidazole rings is 1. The molecule has 0 amide bonds. The van der Waals surface area contributed by atoms with Crippen molar-refractivity contribution in [1.82, 2.24) is 29.6 Å². The summed E-state index contributed by atoms with van der Waals surface area (Å²) in [5, 5.41) is 0. The molecule has 7 rings (SSSR count). The van der Waals surface area contributed by atoms with Crippen LogP contribution in [0.2, 0.25) is 0 Å². The topological polar surface area (TPSA) is 66.2 Å². The van der Waals surface area contributed by atoms with Crippen LogP contribution in [-0.4, -0.2) is 63.9 Å². The Kier molecular flexibility index (Phi) is 9.30. The molecule has 47 heavy (non-hydrogen) atoms. The first-order valence-corrected chi connectivity index (χ1v) is 17.6. The van der Waals surface area contributed by atoms with Gasteiger partial charge in [0.15, 0.2) is 0 Å². The number of hydrazine groups is 1. The highest BCUT2D eigenvalue weighted by Gasteiger charge is 2.48. The van der Waals surface area contributed by atoms with Crippen LogP contribution in [0.4, 0.5) is 13.2 Å². The molecule has 2 aromatic heterocycles. The van der Waals surface area contributed by atoms with Gasteiger partial charge < -0.3 is 4.74 Å². The highest BCUT2D eigenvalue weighted by Crippen LogP contribution is 2.45. The number of aromatic nitrogens is 2. The van der Waals surface area contributed by atoms with Crippen molar-refractivity contribution in [3.8, 4) is 5.69 Å². The number of halogens is 3. The summed E-state index contributed by atoms with van der Waals surface area (Å²) in [5.74, 6) is 0.670. The highest BCUT2D eigenvalue weighted by molar-refractivity contribution is 5.58. The number of nitrogens with one attached hydrogen (secondary N) is 2. The molecule has 256 valence electrons. The number of likely N-dealkylation sites (tertiary alicyclic amines) is 1. The van der Waals surface area contributed by atoms with Crippen LogP contribution in [-0.2, 0) is 17.5 Å². The number of alkyl halides is 3. The maximum Gasteiger partial charge on any atom is 0.418 e. The number of likely N-dealkylation sites (N-methyl/N-ethyl adjacent to an activating group) is 1. The minimum absolute atomic E-state index is 0.0617. The van der Waals surface area contributed by atoms with E-state index in [0.717, 1.165) is 50.6 Å². The van der Waals surface area contributed by atoms with Crippen molar-refractivity contribution < 1.29 is 17.9 Å². The molecule has 4 fully saturated rings. The summed E-state index contributed by atoms with van der Waals surface area (Å²) in [6.07, 6.45) is 12.3. The Balaban J connectivity index is 1.23. The number of piperidine rings is 1. The van der Waals surface area contributed by atoms with Gasteiger partial charge in [0.25, 0.3) is 0 Å². The van der Waals surface area contributed by atoms with Gasteiger partial charge in [0.1, 0.15) is 0 Å². The molecule has 2 aliphatic carbocycles. The Morgan fingerprint density at radius 3 is 2.47 bits per heavy atom. The number of hydrogen-bond acceptors (Lipinski definition) is 6. The second-order valence-electron chi connectivity index (χ2n) is 14.5. The van der Waals surface area contributed by atoms with E-state index in [4.69, 9.17) is 4.74 Å². The number of ether oxygens (including phenoxy) is 1. The minimum atomic E-state index is -4.60. The molecule has 2 saturated carbocycles. The monoisotopic (exact) mass is 654 g/mol.